The molecule has 118 valence electrons. The quantitative estimate of drug-likeness (QED) is 0.808. The second kappa shape index (κ2) is 5.66. The first kappa shape index (κ1) is 14.2. The van der Waals surface area contributed by atoms with E-state index in [1.807, 2.05) is 30.5 Å². The highest BCUT2D eigenvalue weighted by atomic mass is 16.3. The summed E-state index contributed by atoms with van der Waals surface area (Å²) in [6.45, 7) is 1.10. The van der Waals surface area contributed by atoms with Gasteiger partial charge in [0.2, 0.25) is 0 Å². The fraction of sp³-hybridized carbons (Fsp3) is 0.333. The fourth-order valence-electron chi connectivity index (χ4n) is 3.48. The molecule has 2 aromatic heterocycles. The highest BCUT2D eigenvalue weighted by Crippen LogP contribution is 2.30. The van der Waals surface area contributed by atoms with Crippen molar-refractivity contribution in [2.24, 2.45) is 0 Å². The van der Waals surface area contributed by atoms with E-state index < -0.39 is 0 Å². The van der Waals surface area contributed by atoms with E-state index in [1.165, 1.54) is 6.42 Å². The van der Waals surface area contributed by atoms with Gasteiger partial charge in [0.1, 0.15) is 17.1 Å². The Labute approximate surface area is 135 Å². The third kappa shape index (κ3) is 2.57. The third-order valence-corrected chi connectivity index (χ3v) is 4.57. The molecular formula is C18H20N4O. The average Bonchev–Trinajstić information content (AvgIpc) is 3.10. The minimum Gasteiger partial charge on any atom is -0.508 e. The Morgan fingerprint density at radius 2 is 2.17 bits per heavy atom. The Morgan fingerprint density at radius 3 is 2.96 bits per heavy atom. The summed E-state index contributed by atoms with van der Waals surface area (Å²) in [5, 5.41) is 9.71. The first-order valence-corrected chi connectivity index (χ1v) is 8.02. The molecular weight excluding hydrogens is 288 g/mol. The SMILES string of the molecule is CN1CCCC1n1c(Cc2cccc(O)c2)nc2cccnc21. The zero-order chi connectivity index (χ0) is 15.8. The number of rotatable bonds is 3. The second-order valence-electron chi connectivity index (χ2n) is 6.19. The Balaban J connectivity index is 1.82. The molecule has 5 nitrogen and oxygen atoms in total. The molecule has 1 aromatic carbocycles. The Kier molecular flexibility index (Phi) is 3.50. The molecule has 3 aromatic rings. The first-order chi connectivity index (χ1) is 11.2. The number of aromatic nitrogens is 3. The van der Waals surface area contributed by atoms with Crippen molar-refractivity contribution in [2.45, 2.75) is 25.4 Å². The Hall–Kier alpha value is -2.40. The predicted molar refractivity (Wildman–Crippen MR) is 89.3 cm³/mol. The van der Waals surface area contributed by atoms with Crippen molar-refractivity contribution in [3.05, 3.63) is 54.0 Å². The summed E-state index contributed by atoms with van der Waals surface area (Å²) in [6.07, 6.45) is 5.13. The number of nitrogens with zero attached hydrogens (tertiary/aromatic N) is 4. The molecule has 0 aliphatic carbocycles. The number of aromatic hydroxyl groups is 1. The van der Waals surface area contributed by atoms with Crippen LogP contribution in [0, 0.1) is 0 Å². The maximum absolute atomic E-state index is 9.71. The summed E-state index contributed by atoms with van der Waals surface area (Å²) in [7, 11) is 2.16. The molecule has 1 atom stereocenters. The van der Waals surface area contributed by atoms with Gasteiger partial charge >= 0.3 is 0 Å². The molecule has 1 N–H and O–H groups in total. The standard InChI is InChI=1S/C18H20N4O/c1-21-10-4-8-17(21)22-16(12-13-5-2-6-14(23)11-13)20-15-7-3-9-19-18(15)22/h2-3,5-7,9,11,17,23H,4,8,10,12H2,1H3. The number of hydrogen-bond donors (Lipinski definition) is 1. The van der Waals surface area contributed by atoms with Crippen molar-refractivity contribution in [2.75, 3.05) is 13.6 Å². The van der Waals surface area contributed by atoms with E-state index in [9.17, 15) is 5.11 Å². The zero-order valence-electron chi connectivity index (χ0n) is 13.2. The van der Waals surface area contributed by atoms with Crippen LogP contribution in [0.5, 0.6) is 5.75 Å². The van der Waals surface area contributed by atoms with E-state index in [4.69, 9.17) is 4.98 Å². The molecule has 1 unspecified atom stereocenters. The molecule has 0 radical (unpaired) electrons. The summed E-state index contributed by atoms with van der Waals surface area (Å²) in [5.74, 6) is 1.30. The van der Waals surface area contributed by atoms with Crippen molar-refractivity contribution >= 4 is 11.2 Å². The summed E-state index contributed by atoms with van der Waals surface area (Å²) in [5.41, 5.74) is 2.94. The van der Waals surface area contributed by atoms with E-state index in [1.54, 1.807) is 12.1 Å². The number of likely N-dealkylation sites (tertiary alicyclic amines) is 1. The van der Waals surface area contributed by atoms with Crippen molar-refractivity contribution < 1.29 is 5.11 Å². The van der Waals surface area contributed by atoms with Gasteiger partial charge in [0.15, 0.2) is 5.65 Å². The van der Waals surface area contributed by atoms with Gasteiger partial charge in [-0.2, -0.15) is 0 Å². The summed E-state index contributed by atoms with van der Waals surface area (Å²) in [6, 6.07) is 11.3. The van der Waals surface area contributed by atoms with Gasteiger partial charge in [-0.3, -0.25) is 9.47 Å². The number of phenolic OH excluding ortho intramolecular Hbond substituents is 1. The molecule has 0 bridgehead atoms. The van der Waals surface area contributed by atoms with Crippen LogP contribution in [0.15, 0.2) is 42.6 Å². The van der Waals surface area contributed by atoms with E-state index in [0.29, 0.717) is 18.3 Å². The fourth-order valence-corrected chi connectivity index (χ4v) is 3.48. The minimum absolute atomic E-state index is 0.293. The molecule has 1 aliphatic heterocycles. The van der Waals surface area contributed by atoms with Gasteiger partial charge < -0.3 is 5.11 Å². The van der Waals surface area contributed by atoms with Crippen molar-refractivity contribution in [3.63, 3.8) is 0 Å². The topological polar surface area (TPSA) is 54.2 Å². The summed E-state index contributed by atoms with van der Waals surface area (Å²) in [4.78, 5) is 11.7. The Morgan fingerprint density at radius 1 is 1.26 bits per heavy atom. The Bertz CT molecular complexity index is 842. The van der Waals surface area contributed by atoms with Gasteiger partial charge in [-0.15, -0.1) is 0 Å². The highest BCUT2D eigenvalue weighted by molar-refractivity contribution is 5.71. The molecule has 1 aliphatic rings. The molecule has 5 heteroatoms. The van der Waals surface area contributed by atoms with Crippen LogP contribution in [0.1, 0.15) is 30.4 Å². The smallest absolute Gasteiger partial charge is 0.161 e. The number of fused-ring (bicyclic) bond motifs is 1. The first-order valence-electron chi connectivity index (χ1n) is 8.02. The number of phenols is 1. The lowest BCUT2D eigenvalue weighted by Crippen LogP contribution is -2.25. The van der Waals surface area contributed by atoms with Crippen LogP contribution in [0.4, 0.5) is 0 Å². The van der Waals surface area contributed by atoms with Gasteiger partial charge in [-0.05, 0) is 56.3 Å². The van der Waals surface area contributed by atoms with E-state index in [-0.39, 0.29) is 0 Å². The van der Waals surface area contributed by atoms with Crippen LogP contribution in [-0.4, -0.2) is 38.1 Å². The van der Waals surface area contributed by atoms with E-state index in [2.05, 4.69) is 21.5 Å². The van der Waals surface area contributed by atoms with Gasteiger partial charge in [-0.1, -0.05) is 12.1 Å². The normalized spacial score (nSPS) is 18.7. The molecule has 23 heavy (non-hydrogen) atoms. The van der Waals surface area contributed by atoms with Crippen molar-refractivity contribution in [1.82, 2.24) is 19.4 Å². The monoisotopic (exact) mass is 308 g/mol. The number of imidazole rings is 1. The minimum atomic E-state index is 0.293. The second-order valence-corrected chi connectivity index (χ2v) is 6.19. The van der Waals surface area contributed by atoms with Crippen LogP contribution in [0.2, 0.25) is 0 Å². The molecule has 0 spiro atoms. The highest BCUT2D eigenvalue weighted by Gasteiger charge is 2.27. The summed E-state index contributed by atoms with van der Waals surface area (Å²) < 4.78 is 2.27. The molecule has 0 amide bonds. The van der Waals surface area contributed by atoms with Crippen LogP contribution in [-0.2, 0) is 6.42 Å². The van der Waals surface area contributed by atoms with Crippen LogP contribution >= 0.6 is 0 Å². The van der Waals surface area contributed by atoms with Gasteiger partial charge in [0, 0.05) is 12.6 Å². The molecule has 3 heterocycles. The van der Waals surface area contributed by atoms with Crippen molar-refractivity contribution in [1.29, 1.82) is 0 Å². The maximum atomic E-state index is 9.71. The van der Waals surface area contributed by atoms with Gasteiger partial charge in [0.25, 0.3) is 0 Å². The lowest BCUT2D eigenvalue weighted by molar-refractivity contribution is 0.238. The van der Waals surface area contributed by atoms with Crippen LogP contribution in [0.25, 0.3) is 11.2 Å². The third-order valence-electron chi connectivity index (χ3n) is 4.57. The summed E-state index contributed by atoms with van der Waals surface area (Å²) >= 11 is 0. The van der Waals surface area contributed by atoms with Crippen molar-refractivity contribution in [3.8, 4) is 5.75 Å². The largest absolute Gasteiger partial charge is 0.508 e. The lowest BCUT2D eigenvalue weighted by atomic mass is 10.1. The molecule has 1 fully saturated rings. The van der Waals surface area contributed by atoms with E-state index in [0.717, 1.165) is 35.5 Å². The number of hydrogen-bond acceptors (Lipinski definition) is 4. The molecule has 0 saturated carbocycles. The maximum Gasteiger partial charge on any atom is 0.161 e. The van der Waals surface area contributed by atoms with E-state index >= 15 is 0 Å². The van der Waals surface area contributed by atoms with Crippen LogP contribution < -0.4 is 0 Å². The van der Waals surface area contributed by atoms with Gasteiger partial charge in [0.05, 0.1) is 6.17 Å². The molecule has 1 saturated heterocycles. The predicted octanol–water partition coefficient (Wildman–Crippen LogP) is 2.95. The zero-order valence-corrected chi connectivity index (χ0v) is 13.2. The molecule has 4 rings (SSSR count). The number of benzene rings is 1. The van der Waals surface area contributed by atoms with Gasteiger partial charge in [-0.25, -0.2) is 9.97 Å². The average molecular weight is 308 g/mol. The lowest BCUT2D eigenvalue weighted by Gasteiger charge is -2.23. The van der Waals surface area contributed by atoms with Crippen LogP contribution in [0.3, 0.4) is 0 Å². The number of pyridine rings is 1.